The SMILES string of the molecule is C=C1C2CC[C@@H]3C(CCC4[C@@]5(C)C(=O)O[C@@H](CC(=O)OCc6ccccc6)C5=CC[C@]43C)(C2)C1OC(C)=O. The number of carbonyl (C=O) groups excluding carboxylic acids is 3. The van der Waals surface area contributed by atoms with Crippen molar-refractivity contribution in [2.45, 2.75) is 84.5 Å². The van der Waals surface area contributed by atoms with E-state index in [1.165, 1.54) is 6.92 Å². The third-order valence-corrected chi connectivity index (χ3v) is 11.0. The summed E-state index contributed by atoms with van der Waals surface area (Å²) >= 11 is 0. The molecule has 1 aliphatic heterocycles. The zero-order valence-corrected chi connectivity index (χ0v) is 22.7. The lowest BCUT2D eigenvalue weighted by molar-refractivity contribution is -0.179. The summed E-state index contributed by atoms with van der Waals surface area (Å²) in [6.45, 7) is 10.4. The van der Waals surface area contributed by atoms with E-state index in [4.69, 9.17) is 14.2 Å². The molecular weight excluding hydrogens is 480 g/mol. The van der Waals surface area contributed by atoms with Crippen molar-refractivity contribution in [1.82, 2.24) is 0 Å². The van der Waals surface area contributed by atoms with E-state index in [0.29, 0.717) is 11.8 Å². The first-order valence-corrected chi connectivity index (χ1v) is 14.1. The van der Waals surface area contributed by atoms with Crippen molar-refractivity contribution in [3.8, 4) is 0 Å². The number of allylic oxidation sites excluding steroid dienone is 1. The highest BCUT2D eigenvalue weighted by Gasteiger charge is 2.71. The number of rotatable bonds is 5. The topological polar surface area (TPSA) is 78.9 Å². The van der Waals surface area contributed by atoms with Crippen LogP contribution in [0.3, 0.4) is 0 Å². The summed E-state index contributed by atoms with van der Waals surface area (Å²) in [7, 11) is 0. The van der Waals surface area contributed by atoms with Gasteiger partial charge in [-0.1, -0.05) is 49.9 Å². The summed E-state index contributed by atoms with van der Waals surface area (Å²) in [4.78, 5) is 38.4. The average molecular weight is 519 g/mol. The zero-order chi connectivity index (χ0) is 26.9. The molecule has 1 spiro atoms. The summed E-state index contributed by atoms with van der Waals surface area (Å²) in [5, 5.41) is 0. The molecule has 202 valence electrons. The Morgan fingerprint density at radius 2 is 1.87 bits per heavy atom. The Kier molecular flexibility index (Phi) is 5.89. The monoisotopic (exact) mass is 518 g/mol. The second-order valence-electron chi connectivity index (χ2n) is 12.7. The minimum atomic E-state index is -0.762. The highest BCUT2D eigenvalue weighted by atomic mass is 16.6. The van der Waals surface area contributed by atoms with Crippen LogP contribution in [-0.2, 0) is 35.2 Å². The zero-order valence-electron chi connectivity index (χ0n) is 22.7. The van der Waals surface area contributed by atoms with E-state index in [9.17, 15) is 14.4 Å². The van der Waals surface area contributed by atoms with Gasteiger partial charge < -0.3 is 14.2 Å². The number of cyclic esters (lactones) is 1. The highest BCUT2D eigenvalue weighted by molar-refractivity contribution is 5.86. The summed E-state index contributed by atoms with van der Waals surface area (Å²) in [5.74, 6) is 0.00191. The Morgan fingerprint density at radius 1 is 1.11 bits per heavy atom. The molecule has 4 unspecified atom stereocenters. The van der Waals surface area contributed by atoms with Gasteiger partial charge in [-0.3, -0.25) is 14.4 Å². The Balaban J connectivity index is 1.26. The molecule has 0 aromatic heterocycles. The smallest absolute Gasteiger partial charge is 0.316 e. The van der Waals surface area contributed by atoms with Gasteiger partial charge in [0.25, 0.3) is 0 Å². The largest absolute Gasteiger partial charge is 0.461 e. The van der Waals surface area contributed by atoms with E-state index in [1.54, 1.807) is 0 Å². The molecule has 8 atom stereocenters. The van der Waals surface area contributed by atoms with Crippen LogP contribution in [-0.4, -0.2) is 30.1 Å². The lowest BCUT2D eigenvalue weighted by atomic mass is 9.41. The van der Waals surface area contributed by atoms with Gasteiger partial charge in [-0.15, -0.1) is 0 Å². The maximum Gasteiger partial charge on any atom is 0.316 e. The van der Waals surface area contributed by atoms with Gasteiger partial charge in [0, 0.05) is 12.3 Å². The first-order chi connectivity index (χ1) is 18.1. The van der Waals surface area contributed by atoms with Crippen LogP contribution in [0.5, 0.6) is 0 Å². The Hall–Kier alpha value is -2.89. The third kappa shape index (κ3) is 3.55. The molecule has 1 saturated heterocycles. The average Bonchev–Trinajstić information content (AvgIpc) is 3.24. The predicted octanol–water partition coefficient (Wildman–Crippen LogP) is 5.70. The molecule has 1 aromatic rings. The molecule has 6 rings (SSSR count). The van der Waals surface area contributed by atoms with E-state index in [0.717, 1.165) is 55.2 Å². The summed E-state index contributed by atoms with van der Waals surface area (Å²) in [6.07, 6.45) is 7.12. The van der Waals surface area contributed by atoms with Gasteiger partial charge in [0.15, 0.2) is 0 Å². The van der Waals surface area contributed by atoms with Gasteiger partial charge in [0.05, 0.1) is 11.8 Å². The van der Waals surface area contributed by atoms with Gasteiger partial charge >= 0.3 is 17.9 Å². The molecule has 2 bridgehead atoms. The fraction of sp³-hybridized carbons (Fsp3) is 0.594. The molecule has 4 aliphatic carbocycles. The van der Waals surface area contributed by atoms with Crippen molar-refractivity contribution in [3.05, 3.63) is 59.7 Å². The number of hydrogen-bond acceptors (Lipinski definition) is 6. The molecule has 6 heteroatoms. The van der Waals surface area contributed by atoms with E-state index in [2.05, 4.69) is 19.6 Å². The molecule has 0 N–H and O–H groups in total. The molecule has 4 fully saturated rings. The van der Waals surface area contributed by atoms with Crippen LogP contribution in [0, 0.1) is 34.0 Å². The van der Waals surface area contributed by atoms with Crippen LogP contribution < -0.4 is 0 Å². The van der Waals surface area contributed by atoms with Crippen molar-refractivity contribution in [2.24, 2.45) is 34.0 Å². The van der Waals surface area contributed by atoms with Gasteiger partial charge in [0.2, 0.25) is 0 Å². The van der Waals surface area contributed by atoms with Crippen molar-refractivity contribution in [2.75, 3.05) is 0 Å². The van der Waals surface area contributed by atoms with Crippen molar-refractivity contribution < 1.29 is 28.6 Å². The van der Waals surface area contributed by atoms with Gasteiger partial charge in [-0.25, -0.2) is 0 Å². The number of esters is 3. The Labute approximate surface area is 224 Å². The molecule has 0 amide bonds. The minimum absolute atomic E-state index is 0.0346. The molecule has 1 heterocycles. The van der Waals surface area contributed by atoms with E-state index in [1.807, 2.05) is 37.3 Å². The Bertz CT molecular complexity index is 1220. The van der Waals surface area contributed by atoms with Crippen LogP contribution in [0.4, 0.5) is 0 Å². The fourth-order valence-corrected chi connectivity index (χ4v) is 9.40. The van der Waals surface area contributed by atoms with E-state index < -0.39 is 11.5 Å². The van der Waals surface area contributed by atoms with Crippen molar-refractivity contribution in [3.63, 3.8) is 0 Å². The standard InChI is InChI=1S/C32H38O6/c1-19-22-10-11-26-30(3)14-12-23-24(16-27(34)36-18-21-8-6-5-7-9-21)38-29(35)31(23,4)25(30)13-15-32(26,17-22)28(19)37-20(2)33/h5-9,12,22,24-26,28H,1,10-11,13-18H2,2-4H3/t22?,24-,25?,26-,28?,30+,31-,32?/m0/s1. The molecule has 38 heavy (non-hydrogen) atoms. The van der Waals surface area contributed by atoms with Crippen LogP contribution in [0.2, 0.25) is 0 Å². The second kappa shape index (κ2) is 8.82. The Morgan fingerprint density at radius 3 is 2.61 bits per heavy atom. The third-order valence-electron chi connectivity index (χ3n) is 11.0. The maximum atomic E-state index is 13.6. The molecule has 5 aliphatic rings. The highest BCUT2D eigenvalue weighted by Crippen LogP contribution is 2.73. The summed E-state index contributed by atoms with van der Waals surface area (Å²) in [6, 6.07) is 9.58. The van der Waals surface area contributed by atoms with Crippen LogP contribution >= 0.6 is 0 Å². The fourth-order valence-electron chi connectivity index (χ4n) is 9.40. The lowest BCUT2D eigenvalue weighted by Crippen LogP contribution is -2.59. The van der Waals surface area contributed by atoms with E-state index >= 15 is 0 Å². The molecule has 6 nitrogen and oxygen atoms in total. The van der Waals surface area contributed by atoms with Gasteiger partial charge in [0.1, 0.15) is 18.8 Å². The normalized spacial score (nSPS) is 40.8. The van der Waals surface area contributed by atoms with Crippen LogP contribution in [0.15, 0.2) is 54.1 Å². The number of benzene rings is 1. The number of ether oxygens (including phenoxy) is 3. The number of hydrogen-bond donors (Lipinski definition) is 0. The van der Waals surface area contributed by atoms with Crippen LogP contribution in [0.1, 0.15) is 71.3 Å². The first kappa shape index (κ1) is 25.4. The first-order valence-electron chi connectivity index (χ1n) is 14.1. The number of fused-ring (bicyclic) bond motifs is 5. The van der Waals surface area contributed by atoms with E-state index in [-0.39, 0.29) is 53.8 Å². The maximum absolute atomic E-state index is 13.6. The quantitative estimate of drug-likeness (QED) is 0.283. The van der Waals surface area contributed by atoms with Crippen LogP contribution in [0.25, 0.3) is 0 Å². The summed E-state index contributed by atoms with van der Waals surface area (Å²) in [5.41, 5.74) is 1.95. The van der Waals surface area contributed by atoms with Crippen molar-refractivity contribution in [1.29, 1.82) is 0 Å². The predicted molar refractivity (Wildman–Crippen MR) is 140 cm³/mol. The second-order valence-corrected chi connectivity index (χ2v) is 12.7. The summed E-state index contributed by atoms with van der Waals surface area (Å²) < 4.78 is 17.4. The molecule has 1 aromatic carbocycles. The molecule has 3 saturated carbocycles. The van der Waals surface area contributed by atoms with Gasteiger partial charge in [-0.2, -0.15) is 0 Å². The molecule has 0 radical (unpaired) electrons. The lowest BCUT2D eigenvalue weighted by Gasteiger charge is -2.62. The minimum Gasteiger partial charge on any atom is -0.461 e. The van der Waals surface area contributed by atoms with Crippen molar-refractivity contribution >= 4 is 17.9 Å². The van der Waals surface area contributed by atoms with Gasteiger partial charge in [-0.05, 0) is 85.3 Å². The number of carbonyl (C=O) groups is 3. The molecular formula is C32H38O6.